The fourth-order valence-corrected chi connectivity index (χ4v) is 2.67. The summed E-state index contributed by atoms with van der Waals surface area (Å²) in [6.45, 7) is 8.53. The SMILES string of the molecule is CCC1=CCOC(C(=O)[C@H]2OC=CC(CC)=C2C)=C1C. The molecule has 0 N–H and O–H groups in total. The first-order valence-electron chi connectivity index (χ1n) is 7.19. The lowest BCUT2D eigenvalue weighted by molar-refractivity contribution is -0.125. The first-order valence-corrected chi connectivity index (χ1v) is 7.19. The average molecular weight is 274 g/mol. The molecule has 0 saturated heterocycles. The molecule has 0 aromatic heterocycles. The lowest BCUT2D eigenvalue weighted by atomic mass is 9.93. The molecule has 0 radical (unpaired) electrons. The van der Waals surface area contributed by atoms with Gasteiger partial charge in [0.05, 0.1) is 6.26 Å². The minimum absolute atomic E-state index is 0.0747. The van der Waals surface area contributed by atoms with Gasteiger partial charge in [-0.25, -0.2) is 0 Å². The number of Topliss-reactive ketones (excluding diaryl/α,β-unsaturated/α-hetero) is 1. The third kappa shape index (κ3) is 2.58. The molecule has 1 atom stereocenters. The molecule has 2 aliphatic rings. The Morgan fingerprint density at radius 3 is 2.70 bits per heavy atom. The summed E-state index contributed by atoms with van der Waals surface area (Å²) in [4.78, 5) is 12.7. The van der Waals surface area contributed by atoms with Crippen LogP contribution in [-0.4, -0.2) is 18.5 Å². The van der Waals surface area contributed by atoms with Crippen LogP contribution in [0.2, 0.25) is 0 Å². The maximum atomic E-state index is 12.7. The molecule has 2 heterocycles. The fraction of sp³-hybridized carbons (Fsp3) is 0.471. The number of rotatable bonds is 4. The molecule has 0 saturated carbocycles. The molecule has 2 aliphatic heterocycles. The van der Waals surface area contributed by atoms with Crippen molar-refractivity contribution in [1.82, 2.24) is 0 Å². The van der Waals surface area contributed by atoms with Crippen LogP contribution in [0.25, 0.3) is 0 Å². The van der Waals surface area contributed by atoms with Gasteiger partial charge in [-0.3, -0.25) is 4.79 Å². The van der Waals surface area contributed by atoms with Crippen molar-refractivity contribution in [3.8, 4) is 0 Å². The minimum Gasteiger partial charge on any atom is -0.485 e. The largest absolute Gasteiger partial charge is 0.485 e. The van der Waals surface area contributed by atoms with Crippen LogP contribution in [0.1, 0.15) is 40.5 Å². The van der Waals surface area contributed by atoms with Gasteiger partial charge in [-0.2, -0.15) is 0 Å². The van der Waals surface area contributed by atoms with Crippen LogP contribution < -0.4 is 0 Å². The van der Waals surface area contributed by atoms with E-state index in [9.17, 15) is 4.79 Å². The quantitative estimate of drug-likeness (QED) is 0.781. The smallest absolute Gasteiger partial charge is 0.242 e. The van der Waals surface area contributed by atoms with Gasteiger partial charge in [0.1, 0.15) is 6.61 Å². The van der Waals surface area contributed by atoms with E-state index in [1.807, 2.05) is 26.0 Å². The highest BCUT2D eigenvalue weighted by atomic mass is 16.5. The number of allylic oxidation sites excluding steroid dienone is 4. The predicted octanol–water partition coefficient (Wildman–Crippen LogP) is 3.84. The Kier molecular flexibility index (Phi) is 4.48. The van der Waals surface area contributed by atoms with Crippen molar-refractivity contribution in [1.29, 1.82) is 0 Å². The van der Waals surface area contributed by atoms with Gasteiger partial charge < -0.3 is 9.47 Å². The number of hydrogen-bond donors (Lipinski definition) is 0. The molecule has 3 nitrogen and oxygen atoms in total. The van der Waals surface area contributed by atoms with E-state index in [0.29, 0.717) is 12.4 Å². The van der Waals surface area contributed by atoms with Crippen LogP contribution >= 0.6 is 0 Å². The van der Waals surface area contributed by atoms with Crippen LogP contribution in [0, 0.1) is 0 Å². The second-order valence-electron chi connectivity index (χ2n) is 5.09. The highest BCUT2D eigenvalue weighted by Crippen LogP contribution is 2.29. The van der Waals surface area contributed by atoms with Crippen molar-refractivity contribution in [2.45, 2.75) is 46.6 Å². The first kappa shape index (κ1) is 14.6. The average Bonchev–Trinajstić information content (AvgIpc) is 2.47. The second kappa shape index (κ2) is 6.12. The van der Waals surface area contributed by atoms with E-state index < -0.39 is 6.10 Å². The van der Waals surface area contributed by atoms with Gasteiger partial charge in [0, 0.05) is 0 Å². The Morgan fingerprint density at radius 2 is 2.05 bits per heavy atom. The molecule has 0 aromatic rings. The third-order valence-electron chi connectivity index (χ3n) is 3.99. The van der Waals surface area contributed by atoms with Crippen LogP contribution in [0.4, 0.5) is 0 Å². The zero-order valence-electron chi connectivity index (χ0n) is 12.7. The van der Waals surface area contributed by atoms with Crippen molar-refractivity contribution >= 4 is 5.78 Å². The van der Waals surface area contributed by atoms with Gasteiger partial charge in [-0.05, 0) is 61.1 Å². The summed E-state index contributed by atoms with van der Waals surface area (Å²) in [5.41, 5.74) is 4.27. The summed E-state index contributed by atoms with van der Waals surface area (Å²) in [5.74, 6) is 0.383. The molecule has 3 heteroatoms. The monoisotopic (exact) mass is 274 g/mol. The van der Waals surface area contributed by atoms with Gasteiger partial charge in [0.2, 0.25) is 5.78 Å². The molecular formula is C17H22O3. The standard InChI is InChI=1S/C17H22O3/c1-5-13-7-9-19-16(11(13)3)15(18)17-12(4)14(6-2)8-10-20-17/h7-9,16H,5-6,10H2,1-4H3/t16-/m0/s1. The van der Waals surface area contributed by atoms with Crippen LogP contribution in [-0.2, 0) is 14.3 Å². The molecule has 20 heavy (non-hydrogen) atoms. The molecule has 0 aromatic carbocycles. The summed E-state index contributed by atoms with van der Waals surface area (Å²) in [6, 6.07) is 0. The van der Waals surface area contributed by atoms with Crippen molar-refractivity contribution in [2.75, 3.05) is 6.61 Å². The minimum atomic E-state index is -0.545. The second-order valence-corrected chi connectivity index (χ2v) is 5.09. The van der Waals surface area contributed by atoms with E-state index in [-0.39, 0.29) is 5.78 Å². The Hall–Kier alpha value is -1.77. The lowest BCUT2D eigenvalue weighted by Gasteiger charge is -2.25. The van der Waals surface area contributed by atoms with Gasteiger partial charge in [0.25, 0.3) is 0 Å². The van der Waals surface area contributed by atoms with E-state index in [1.54, 1.807) is 6.26 Å². The summed E-state index contributed by atoms with van der Waals surface area (Å²) < 4.78 is 11.1. The maximum absolute atomic E-state index is 12.7. The molecule has 0 fully saturated rings. The highest BCUT2D eigenvalue weighted by molar-refractivity contribution is 6.00. The molecule has 0 amide bonds. The topological polar surface area (TPSA) is 35.5 Å². The summed E-state index contributed by atoms with van der Waals surface area (Å²) in [7, 11) is 0. The van der Waals surface area contributed by atoms with Gasteiger partial charge in [-0.1, -0.05) is 13.8 Å². The van der Waals surface area contributed by atoms with Crippen molar-refractivity contribution in [3.05, 3.63) is 46.5 Å². The van der Waals surface area contributed by atoms with Crippen molar-refractivity contribution in [3.63, 3.8) is 0 Å². The van der Waals surface area contributed by atoms with Crippen LogP contribution in [0.5, 0.6) is 0 Å². The van der Waals surface area contributed by atoms with Gasteiger partial charge >= 0.3 is 0 Å². The Morgan fingerprint density at radius 1 is 1.30 bits per heavy atom. The zero-order valence-corrected chi connectivity index (χ0v) is 12.7. The Balaban J connectivity index is 2.31. The Labute approximate surface area is 120 Å². The number of hydrogen-bond acceptors (Lipinski definition) is 3. The summed E-state index contributed by atoms with van der Waals surface area (Å²) >= 11 is 0. The van der Waals surface area contributed by atoms with E-state index in [0.717, 1.165) is 29.6 Å². The molecule has 2 rings (SSSR count). The van der Waals surface area contributed by atoms with Crippen molar-refractivity contribution in [2.24, 2.45) is 0 Å². The number of ether oxygens (including phenoxy) is 2. The zero-order chi connectivity index (χ0) is 14.7. The normalized spacial score (nSPS) is 22.4. The van der Waals surface area contributed by atoms with Crippen molar-refractivity contribution < 1.29 is 14.3 Å². The highest BCUT2D eigenvalue weighted by Gasteiger charge is 2.31. The molecule has 108 valence electrons. The maximum Gasteiger partial charge on any atom is 0.242 e. The molecular weight excluding hydrogens is 252 g/mol. The molecule has 0 spiro atoms. The molecule has 0 aliphatic carbocycles. The number of carbonyl (C=O) groups excluding carboxylic acids is 1. The van der Waals surface area contributed by atoms with Crippen LogP contribution in [0.3, 0.4) is 0 Å². The fourth-order valence-electron chi connectivity index (χ4n) is 2.67. The van der Waals surface area contributed by atoms with Gasteiger partial charge in [0.15, 0.2) is 11.9 Å². The lowest BCUT2D eigenvalue weighted by Crippen LogP contribution is -2.30. The van der Waals surface area contributed by atoms with Gasteiger partial charge in [-0.15, -0.1) is 0 Å². The Bertz CT molecular complexity index is 532. The van der Waals surface area contributed by atoms with E-state index in [2.05, 4.69) is 13.8 Å². The summed E-state index contributed by atoms with van der Waals surface area (Å²) in [6.07, 6.45) is 6.84. The predicted molar refractivity (Wildman–Crippen MR) is 79.0 cm³/mol. The third-order valence-corrected chi connectivity index (χ3v) is 3.99. The molecule has 0 unspecified atom stereocenters. The number of carbonyl (C=O) groups is 1. The van der Waals surface area contributed by atoms with E-state index in [4.69, 9.17) is 9.47 Å². The van der Waals surface area contributed by atoms with E-state index in [1.165, 1.54) is 5.57 Å². The van der Waals surface area contributed by atoms with E-state index >= 15 is 0 Å². The van der Waals surface area contributed by atoms with Crippen LogP contribution in [0.15, 0.2) is 46.5 Å². The molecule has 0 bridgehead atoms. The summed E-state index contributed by atoms with van der Waals surface area (Å²) in [5, 5.41) is 0. The first-order chi connectivity index (χ1) is 9.60. The number of ketones is 1.